The number of benzene rings is 1. The maximum atomic E-state index is 11.6. The van der Waals surface area contributed by atoms with Gasteiger partial charge in [0, 0.05) is 11.6 Å². The highest BCUT2D eigenvalue weighted by atomic mass is 16.6. The molecule has 0 aliphatic rings. The van der Waals surface area contributed by atoms with Crippen LogP contribution in [-0.4, -0.2) is 33.2 Å². The van der Waals surface area contributed by atoms with Gasteiger partial charge in [0.1, 0.15) is 17.3 Å². The second kappa shape index (κ2) is 7.95. The fourth-order valence-corrected chi connectivity index (χ4v) is 2.07. The average Bonchev–Trinajstić information content (AvgIpc) is 2.53. The number of hydrogen-bond donors (Lipinski definition) is 2. The minimum Gasteiger partial charge on any atom is -0.494 e. The van der Waals surface area contributed by atoms with Crippen molar-refractivity contribution in [2.24, 2.45) is 0 Å². The van der Waals surface area contributed by atoms with Gasteiger partial charge < -0.3 is 19.6 Å². The predicted octanol–water partition coefficient (Wildman–Crippen LogP) is 2.35. The zero-order valence-corrected chi connectivity index (χ0v) is 13.7. The van der Waals surface area contributed by atoms with E-state index in [0.717, 1.165) is 0 Å². The molecule has 0 atom stereocenters. The number of aromatic amines is 1. The summed E-state index contributed by atoms with van der Waals surface area (Å²) in [5.41, 5.74) is -1.34. The lowest BCUT2D eigenvalue weighted by atomic mass is 10.1. The number of nitrogens with one attached hydrogen (secondary N) is 1. The van der Waals surface area contributed by atoms with Crippen molar-refractivity contribution in [1.29, 1.82) is 0 Å². The Kier molecular flexibility index (Phi) is 5.72. The molecule has 0 amide bonds. The highest BCUT2D eigenvalue weighted by molar-refractivity contribution is 5.71. The Hall–Kier alpha value is -3.36. The molecule has 0 saturated heterocycles. The van der Waals surface area contributed by atoms with Crippen LogP contribution in [0.25, 0.3) is 12.2 Å². The summed E-state index contributed by atoms with van der Waals surface area (Å²) in [4.78, 5) is 27.1. The Balaban J connectivity index is 2.35. The van der Waals surface area contributed by atoms with Crippen LogP contribution in [0.1, 0.15) is 25.2 Å². The third-order valence-corrected chi connectivity index (χ3v) is 3.09. The van der Waals surface area contributed by atoms with Crippen LogP contribution in [0, 0.1) is 10.1 Å². The van der Waals surface area contributed by atoms with Gasteiger partial charge in [-0.2, -0.15) is 4.98 Å². The minimum atomic E-state index is -1.03. The molecular weight excluding hydrogens is 330 g/mol. The Morgan fingerprint density at radius 1 is 1.28 bits per heavy atom. The van der Waals surface area contributed by atoms with Gasteiger partial charge in [0.2, 0.25) is 0 Å². The Bertz CT molecular complexity index is 859. The molecule has 9 nitrogen and oxygen atoms in total. The maximum absolute atomic E-state index is 11.6. The predicted molar refractivity (Wildman–Crippen MR) is 90.9 cm³/mol. The fourth-order valence-electron chi connectivity index (χ4n) is 2.07. The van der Waals surface area contributed by atoms with E-state index in [1.807, 2.05) is 13.8 Å². The first-order valence-electron chi connectivity index (χ1n) is 7.51. The van der Waals surface area contributed by atoms with Crippen molar-refractivity contribution in [2.45, 2.75) is 13.8 Å². The molecule has 0 aliphatic carbocycles. The van der Waals surface area contributed by atoms with E-state index in [0.29, 0.717) is 30.3 Å². The van der Waals surface area contributed by atoms with Crippen molar-refractivity contribution in [3.05, 3.63) is 50.1 Å². The molecule has 2 rings (SSSR count). The molecule has 9 heteroatoms. The molecule has 1 aromatic heterocycles. The first kappa shape index (κ1) is 18.0. The Labute approximate surface area is 142 Å². The summed E-state index contributed by atoms with van der Waals surface area (Å²) >= 11 is 0. The highest BCUT2D eigenvalue weighted by Gasteiger charge is 2.21. The van der Waals surface area contributed by atoms with E-state index < -0.39 is 22.0 Å². The molecule has 0 fully saturated rings. The molecule has 1 heterocycles. The van der Waals surface area contributed by atoms with E-state index >= 15 is 0 Å². The number of nitro groups is 1. The van der Waals surface area contributed by atoms with E-state index in [4.69, 9.17) is 9.47 Å². The van der Waals surface area contributed by atoms with Crippen LogP contribution in [0.15, 0.2) is 23.0 Å². The smallest absolute Gasteiger partial charge is 0.395 e. The fraction of sp³-hybridized carbons (Fsp3) is 0.250. The summed E-state index contributed by atoms with van der Waals surface area (Å²) in [6.45, 7) is 4.68. The zero-order chi connectivity index (χ0) is 18.4. The first-order valence-corrected chi connectivity index (χ1v) is 7.51. The third-order valence-electron chi connectivity index (χ3n) is 3.09. The monoisotopic (exact) mass is 347 g/mol. The molecule has 1 aromatic carbocycles. The summed E-state index contributed by atoms with van der Waals surface area (Å²) in [6.07, 6.45) is 3.01. The summed E-state index contributed by atoms with van der Waals surface area (Å²) < 4.78 is 11.0. The van der Waals surface area contributed by atoms with Crippen LogP contribution in [0.2, 0.25) is 0 Å². The van der Waals surface area contributed by atoms with Crippen LogP contribution in [0.5, 0.6) is 17.4 Å². The van der Waals surface area contributed by atoms with Crippen LogP contribution in [0.4, 0.5) is 5.69 Å². The van der Waals surface area contributed by atoms with Crippen LogP contribution >= 0.6 is 0 Å². The molecule has 0 bridgehead atoms. The van der Waals surface area contributed by atoms with E-state index in [1.54, 1.807) is 24.3 Å². The lowest BCUT2D eigenvalue weighted by Gasteiger charge is -2.10. The van der Waals surface area contributed by atoms with Crippen molar-refractivity contribution in [3.63, 3.8) is 0 Å². The van der Waals surface area contributed by atoms with E-state index in [1.165, 1.54) is 6.08 Å². The molecule has 0 spiro atoms. The molecule has 0 unspecified atom stereocenters. The van der Waals surface area contributed by atoms with Gasteiger partial charge in [-0.15, -0.1) is 0 Å². The standard InChI is InChI=1S/C16H17N3O6/c1-3-24-11-7-5-10(12(9-11)25-4-2)6-8-13-17-15(20)14(19(22)23)16(21)18-13/h5-9H,3-4H2,1-2H3,(H2,17,18,20,21)/b8-6+. The second-order valence-electron chi connectivity index (χ2n) is 4.78. The van der Waals surface area contributed by atoms with Crippen molar-refractivity contribution >= 4 is 17.8 Å². The topological polar surface area (TPSA) is 128 Å². The van der Waals surface area contributed by atoms with Crippen molar-refractivity contribution in [2.75, 3.05) is 13.2 Å². The number of H-pyrrole nitrogens is 1. The van der Waals surface area contributed by atoms with Crippen LogP contribution < -0.4 is 15.0 Å². The number of hydrogen-bond acceptors (Lipinski definition) is 7. The molecule has 2 aromatic rings. The quantitative estimate of drug-likeness (QED) is 0.581. The van der Waals surface area contributed by atoms with E-state index in [2.05, 4.69) is 9.97 Å². The molecule has 0 radical (unpaired) electrons. The summed E-state index contributed by atoms with van der Waals surface area (Å²) in [5, 5.41) is 20.2. The lowest BCUT2D eigenvalue weighted by molar-refractivity contribution is -0.387. The van der Waals surface area contributed by atoms with Gasteiger partial charge in [-0.05, 0) is 38.1 Å². The average molecular weight is 347 g/mol. The van der Waals surface area contributed by atoms with Gasteiger partial charge in [-0.3, -0.25) is 14.9 Å². The number of ether oxygens (including phenoxy) is 2. The number of rotatable bonds is 7. The number of aromatic hydroxyl groups is 1. The Morgan fingerprint density at radius 3 is 2.60 bits per heavy atom. The van der Waals surface area contributed by atoms with Crippen molar-refractivity contribution in [1.82, 2.24) is 9.97 Å². The van der Waals surface area contributed by atoms with Gasteiger partial charge in [0.05, 0.1) is 18.1 Å². The molecule has 132 valence electrons. The van der Waals surface area contributed by atoms with E-state index in [-0.39, 0.29) is 5.82 Å². The number of nitrogens with zero attached hydrogens (tertiary/aromatic N) is 2. The van der Waals surface area contributed by atoms with Gasteiger partial charge >= 0.3 is 11.2 Å². The normalized spacial score (nSPS) is 10.8. The third kappa shape index (κ3) is 4.34. The maximum Gasteiger partial charge on any atom is 0.395 e. The zero-order valence-electron chi connectivity index (χ0n) is 13.7. The van der Waals surface area contributed by atoms with Crippen molar-refractivity contribution in [3.8, 4) is 17.4 Å². The molecule has 0 aliphatic heterocycles. The molecule has 25 heavy (non-hydrogen) atoms. The highest BCUT2D eigenvalue weighted by Crippen LogP contribution is 2.27. The SMILES string of the molecule is CCOc1ccc(/C=C/c2nc(O)c([N+](=O)[O-])c(=O)[nH]2)c(OCC)c1. The first-order chi connectivity index (χ1) is 12.0. The summed E-state index contributed by atoms with van der Waals surface area (Å²) in [5.74, 6) is 0.260. The largest absolute Gasteiger partial charge is 0.494 e. The second-order valence-corrected chi connectivity index (χ2v) is 4.78. The van der Waals surface area contributed by atoms with Gasteiger partial charge in [0.25, 0.3) is 5.88 Å². The Morgan fingerprint density at radius 2 is 2.00 bits per heavy atom. The minimum absolute atomic E-state index is 0.0237. The molecular formula is C16H17N3O6. The van der Waals surface area contributed by atoms with Crippen molar-refractivity contribution < 1.29 is 19.5 Å². The summed E-state index contributed by atoms with van der Waals surface area (Å²) in [7, 11) is 0. The van der Waals surface area contributed by atoms with Gasteiger partial charge in [-0.25, -0.2) is 0 Å². The van der Waals surface area contributed by atoms with E-state index in [9.17, 15) is 20.0 Å². The molecule has 0 saturated carbocycles. The lowest BCUT2D eigenvalue weighted by Crippen LogP contribution is -2.14. The molecule has 2 N–H and O–H groups in total. The van der Waals surface area contributed by atoms with Gasteiger partial charge in [-0.1, -0.05) is 0 Å². The summed E-state index contributed by atoms with van der Waals surface area (Å²) in [6, 6.07) is 5.25. The van der Waals surface area contributed by atoms with Crippen LogP contribution in [-0.2, 0) is 0 Å². The van der Waals surface area contributed by atoms with Gasteiger partial charge in [0.15, 0.2) is 0 Å². The van der Waals surface area contributed by atoms with Crippen LogP contribution in [0.3, 0.4) is 0 Å². The number of aromatic nitrogens is 2.